The van der Waals surface area contributed by atoms with Crippen molar-refractivity contribution in [3.8, 4) is 0 Å². The number of nitrogens with two attached hydrogens (primary N) is 1. The first-order valence-electron chi connectivity index (χ1n) is 5.05. The van der Waals surface area contributed by atoms with Crippen LogP contribution in [0.15, 0.2) is 23.9 Å². The van der Waals surface area contributed by atoms with Crippen molar-refractivity contribution >= 4 is 17.3 Å². The number of allylic oxidation sites excluding steroid dienone is 3. The summed E-state index contributed by atoms with van der Waals surface area (Å²) in [5.41, 5.74) is 7.86. The Balaban J connectivity index is 2.35. The second-order valence-electron chi connectivity index (χ2n) is 3.77. The highest BCUT2D eigenvalue weighted by atomic mass is 32.1. The van der Waals surface area contributed by atoms with Gasteiger partial charge in [-0.25, -0.2) is 0 Å². The standard InChI is InChI=1S/C11H18N2S/c1-3-9-4-5-10(7-9)6-8(2)13-11(12)14/h7,10H,2-6H2,1H3,(H3,12,13,14). The molecule has 1 rings (SSSR count). The summed E-state index contributed by atoms with van der Waals surface area (Å²) >= 11 is 4.75. The molecule has 1 unspecified atom stereocenters. The van der Waals surface area contributed by atoms with E-state index < -0.39 is 0 Å². The first-order valence-corrected chi connectivity index (χ1v) is 5.46. The van der Waals surface area contributed by atoms with Crippen LogP contribution in [-0.4, -0.2) is 5.11 Å². The number of nitrogens with one attached hydrogen (secondary N) is 1. The summed E-state index contributed by atoms with van der Waals surface area (Å²) in [6.07, 6.45) is 6.96. The summed E-state index contributed by atoms with van der Waals surface area (Å²) in [7, 11) is 0. The zero-order chi connectivity index (χ0) is 10.6. The molecular weight excluding hydrogens is 192 g/mol. The van der Waals surface area contributed by atoms with E-state index in [4.69, 9.17) is 18.0 Å². The van der Waals surface area contributed by atoms with Gasteiger partial charge in [-0.15, -0.1) is 0 Å². The van der Waals surface area contributed by atoms with Gasteiger partial charge in [-0.05, 0) is 43.8 Å². The smallest absolute Gasteiger partial charge is 0.167 e. The molecule has 0 spiro atoms. The molecule has 14 heavy (non-hydrogen) atoms. The van der Waals surface area contributed by atoms with Crippen LogP contribution in [0.25, 0.3) is 0 Å². The van der Waals surface area contributed by atoms with Crippen molar-refractivity contribution < 1.29 is 0 Å². The van der Waals surface area contributed by atoms with Crippen LogP contribution < -0.4 is 11.1 Å². The number of thiocarbonyl (C=S) groups is 1. The number of rotatable bonds is 4. The fraction of sp³-hybridized carbons (Fsp3) is 0.545. The van der Waals surface area contributed by atoms with Gasteiger partial charge in [0.1, 0.15) is 0 Å². The van der Waals surface area contributed by atoms with Crippen molar-refractivity contribution in [3.05, 3.63) is 23.9 Å². The molecule has 0 fully saturated rings. The third kappa shape index (κ3) is 3.50. The fourth-order valence-electron chi connectivity index (χ4n) is 1.87. The van der Waals surface area contributed by atoms with Crippen LogP contribution in [0.3, 0.4) is 0 Å². The summed E-state index contributed by atoms with van der Waals surface area (Å²) in [4.78, 5) is 0. The average Bonchev–Trinajstić information content (AvgIpc) is 2.50. The normalized spacial score (nSPS) is 20.4. The van der Waals surface area contributed by atoms with Gasteiger partial charge < -0.3 is 11.1 Å². The minimum Gasteiger partial charge on any atom is -0.376 e. The Bertz CT molecular complexity index is 268. The lowest BCUT2D eigenvalue weighted by atomic mass is 10.0. The molecule has 0 aromatic rings. The van der Waals surface area contributed by atoms with Crippen LogP contribution >= 0.6 is 12.2 Å². The zero-order valence-electron chi connectivity index (χ0n) is 8.68. The van der Waals surface area contributed by atoms with Gasteiger partial charge in [0.25, 0.3) is 0 Å². The third-order valence-corrected chi connectivity index (χ3v) is 2.67. The molecule has 1 aliphatic rings. The first-order chi connectivity index (χ1) is 6.61. The van der Waals surface area contributed by atoms with E-state index in [0.29, 0.717) is 11.0 Å². The molecule has 0 saturated heterocycles. The lowest BCUT2D eigenvalue weighted by molar-refractivity contribution is 0.613. The Morgan fingerprint density at radius 1 is 1.79 bits per heavy atom. The highest BCUT2D eigenvalue weighted by Crippen LogP contribution is 2.29. The molecule has 0 radical (unpaired) electrons. The van der Waals surface area contributed by atoms with E-state index in [9.17, 15) is 0 Å². The number of hydrogen-bond donors (Lipinski definition) is 2. The Hall–Kier alpha value is -0.830. The third-order valence-electron chi connectivity index (χ3n) is 2.57. The summed E-state index contributed by atoms with van der Waals surface area (Å²) < 4.78 is 0. The molecule has 0 saturated carbocycles. The minimum absolute atomic E-state index is 0.313. The minimum atomic E-state index is 0.313. The average molecular weight is 210 g/mol. The summed E-state index contributed by atoms with van der Waals surface area (Å²) in [6.45, 7) is 6.11. The summed E-state index contributed by atoms with van der Waals surface area (Å²) in [6, 6.07) is 0. The molecule has 3 heteroatoms. The molecule has 1 aliphatic carbocycles. The van der Waals surface area contributed by atoms with Gasteiger partial charge in [0.05, 0.1) is 0 Å². The molecular formula is C11H18N2S. The summed E-state index contributed by atoms with van der Waals surface area (Å²) in [5, 5.41) is 3.20. The first kappa shape index (κ1) is 11.2. The van der Waals surface area contributed by atoms with E-state index in [1.807, 2.05) is 0 Å². The van der Waals surface area contributed by atoms with Gasteiger partial charge in [0, 0.05) is 5.70 Å². The van der Waals surface area contributed by atoms with Gasteiger partial charge in [-0.3, -0.25) is 0 Å². The van der Waals surface area contributed by atoms with Crippen molar-refractivity contribution in [2.75, 3.05) is 0 Å². The maximum Gasteiger partial charge on any atom is 0.167 e. The van der Waals surface area contributed by atoms with Gasteiger partial charge in [-0.2, -0.15) is 0 Å². The second kappa shape index (κ2) is 5.15. The van der Waals surface area contributed by atoms with Crippen LogP contribution in [0.4, 0.5) is 0 Å². The maximum atomic E-state index is 5.37. The van der Waals surface area contributed by atoms with Crippen molar-refractivity contribution in [1.29, 1.82) is 0 Å². The molecule has 1 atom stereocenters. The van der Waals surface area contributed by atoms with Crippen molar-refractivity contribution in [1.82, 2.24) is 5.32 Å². The van der Waals surface area contributed by atoms with E-state index in [1.54, 1.807) is 5.57 Å². The predicted octanol–water partition coefficient (Wildman–Crippen LogP) is 2.47. The van der Waals surface area contributed by atoms with Crippen LogP contribution in [0.5, 0.6) is 0 Å². The molecule has 3 N–H and O–H groups in total. The lowest BCUT2D eigenvalue weighted by Crippen LogP contribution is -2.28. The zero-order valence-corrected chi connectivity index (χ0v) is 9.49. The van der Waals surface area contributed by atoms with Crippen LogP contribution in [0.2, 0.25) is 0 Å². The molecule has 2 nitrogen and oxygen atoms in total. The molecule has 0 heterocycles. The molecule has 78 valence electrons. The number of hydrogen-bond acceptors (Lipinski definition) is 1. The summed E-state index contributed by atoms with van der Waals surface area (Å²) in [5.74, 6) is 0.624. The SMILES string of the molecule is C=C(CC1C=C(CC)CC1)NC(N)=S. The predicted molar refractivity (Wildman–Crippen MR) is 64.8 cm³/mol. The Labute approximate surface area is 91.3 Å². The monoisotopic (exact) mass is 210 g/mol. The highest BCUT2D eigenvalue weighted by Gasteiger charge is 2.15. The lowest BCUT2D eigenvalue weighted by Gasteiger charge is -2.11. The van der Waals surface area contributed by atoms with Crippen molar-refractivity contribution in [2.45, 2.75) is 32.6 Å². The molecule has 0 bridgehead atoms. The largest absolute Gasteiger partial charge is 0.376 e. The van der Waals surface area contributed by atoms with E-state index in [-0.39, 0.29) is 0 Å². The van der Waals surface area contributed by atoms with Crippen LogP contribution in [0.1, 0.15) is 32.6 Å². The maximum absolute atomic E-state index is 5.37. The highest BCUT2D eigenvalue weighted by molar-refractivity contribution is 7.80. The second-order valence-corrected chi connectivity index (χ2v) is 4.21. The van der Waals surface area contributed by atoms with E-state index in [1.165, 1.54) is 19.3 Å². The molecule has 0 aromatic carbocycles. The molecule has 0 aromatic heterocycles. The van der Waals surface area contributed by atoms with Gasteiger partial charge >= 0.3 is 0 Å². The van der Waals surface area contributed by atoms with Crippen LogP contribution in [0, 0.1) is 5.92 Å². The molecule has 0 amide bonds. The van der Waals surface area contributed by atoms with Crippen LogP contribution in [-0.2, 0) is 0 Å². The van der Waals surface area contributed by atoms with Gasteiger partial charge in [0.15, 0.2) is 5.11 Å². The Kier molecular flexibility index (Phi) is 4.14. The molecule has 0 aliphatic heterocycles. The van der Waals surface area contributed by atoms with Crippen molar-refractivity contribution in [2.24, 2.45) is 11.7 Å². The quantitative estimate of drug-likeness (QED) is 0.553. The van der Waals surface area contributed by atoms with E-state index in [0.717, 1.165) is 12.1 Å². The Morgan fingerprint density at radius 2 is 2.50 bits per heavy atom. The topological polar surface area (TPSA) is 38.0 Å². The van der Waals surface area contributed by atoms with Gasteiger partial charge in [0.2, 0.25) is 0 Å². The van der Waals surface area contributed by atoms with E-state index in [2.05, 4.69) is 24.9 Å². The van der Waals surface area contributed by atoms with Gasteiger partial charge in [-0.1, -0.05) is 25.2 Å². The van der Waals surface area contributed by atoms with Crippen molar-refractivity contribution in [3.63, 3.8) is 0 Å². The van der Waals surface area contributed by atoms with E-state index >= 15 is 0 Å². The Morgan fingerprint density at radius 3 is 3.00 bits per heavy atom. The fourth-order valence-corrected chi connectivity index (χ4v) is 2.01.